The summed E-state index contributed by atoms with van der Waals surface area (Å²) >= 11 is 8.73. The second-order valence-corrected chi connectivity index (χ2v) is 4.22. The van der Waals surface area contributed by atoms with Gasteiger partial charge in [0.25, 0.3) is 0 Å². The molecule has 2 aromatic rings. The zero-order valence-corrected chi connectivity index (χ0v) is 10.9. The third-order valence-corrected chi connectivity index (χ3v) is 3.37. The zero-order valence-electron chi connectivity index (χ0n) is 9.10. The van der Waals surface area contributed by atoms with Gasteiger partial charge in [0.2, 0.25) is 0 Å². The van der Waals surface area contributed by atoms with Gasteiger partial charge in [-0.15, -0.1) is 0 Å². The molecule has 16 heavy (non-hydrogen) atoms. The van der Waals surface area contributed by atoms with Gasteiger partial charge in [0.05, 0.1) is 7.11 Å². The molecule has 0 saturated carbocycles. The lowest BCUT2D eigenvalue weighted by Gasteiger charge is -2.14. The van der Waals surface area contributed by atoms with Gasteiger partial charge < -0.3 is 4.74 Å². The van der Waals surface area contributed by atoms with Gasteiger partial charge in [0.15, 0.2) is 0 Å². The molecule has 0 aromatic heterocycles. The van der Waals surface area contributed by atoms with Gasteiger partial charge in [-0.2, -0.15) is 25.3 Å². The van der Waals surface area contributed by atoms with Gasteiger partial charge in [0, 0.05) is 22.6 Å². The number of benzene rings is 2. The lowest BCUT2D eigenvalue weighted by molar-refractivity contribution is 0.409. The van der Waals surface area contributed by atoms with E-state index in [1.54, 1.807) is 7.11 Å². The SMILES string of the molecule is COc1c(CS)cc2ccccc2c1CS. The third kappa shape index (κ3) is 1.89. The van der Waals surface area contributed by atoms with Gasteiger partial charge in [-0.1, -0.05) is 24.3 Å². The first-order valence-corrected chi connectivity index (χ1v) is 6.37. The fraction of sp³-hybridized carbons (Fsp3) is 0.231. The van der Waals surface area contributed by atoms with Gasteiger partial charge >= 0.3 is 0 Å². The highest BCUT2D eigenvalue weighted by Gasteiger charge is 2.11. The van der Waals surface area contributed by atoms with E-state index in [2.05, 4.69) is 43.5 Å². The Hall–Kier alpha value is -0.800. The summed E-state index contributed by atoms with van der Waals surface area (Å²) < 4.78 is 5.47. The third-order valence-electron chi connectivity index (χ3n) is 2.71. The molecule has 0 aliphatic heterocycles. The standard InChI is InChI=1S/C13H14OS2/c1-14-13-10(7-15)6-9-4-2-3-5-11(9)12(13)8-16/h2-6,15-16H,7-8H2,1H3. The Morgan fingerprint density at radius 1 is 1.12 bits per heavy atom. The van der Waals surface area contributed by atoms with Crippen molar-refractivity contribution in [2.24, 2.45) is 0 Å². The fourth-order valence-corrected chi connectivity index (χ4v) is 2.54. The summed E-state index contributed by atoms with van der Waals surface area (Å²) in [6, 6.07) is 10.4. The van der Waals surface area contributed by atoms with Crippen LogP contribution in [-0.4, -0.2) is 7.11 Å². The summed E-state index contributed by atoms with van der Waals surface area (Å²) in [5, 5.41) is 2.43. The van der Waals surface area contributed by atoms with Crippen LogP contribution < -0.4 is 4.74 Å². The first-order valence-electron chi connectivity index (χ1n) is 5.11. The molecular formula is C13H14OS2. The van der Waals surface area contributed by atoms with Gasteiger partial charge in [0.1, 0.15) is 5.75 Å². The minimum absolute atomic E-state index is 0.672. The summed E-state index contributed by atoms with van der Waals surface area (Å²) in [5.74, 6) is 2.27. The number of fused-ring (bicyclic) bond motifs is 1. The van der Waals surface area contributed by atoms with E-state index in [0.717, 1.165) is 16.9 Å². The van der Waals surface area contributed by atoms with Crippen LogP contribution in [-0.2, 0) is 11.5 Å². The molecule has 0 unspecified atom stereocenters. The van der Waals surface area contributed by atoms with Crippen molar-refractivity contribution in [3.63, 3.8) is 0 Å². The molecule has 0 atom stereocenters. The van der Waals surface area contributed by atoms with Crippen LogP contribution in [0.15, 0.2) is 30.3 Å². The van der Waals surface area contributed by atoms with E-state index in [1.165, 1.54) is 10.8 Å². The van der Waals surface area contributed by atoms with E-state index in [0.29, 0.717) is 11.5 Å². The van der Waals surface area contributed by atoms with E-state index >= 15 is 0 Å². The molecule has 0 bridgehead atoms. The molecule has 0 spiro atoms. The smallest absolute Gasteiger partial charge is 0.127 e. The second kappa shape index (κ2) is 5.02. The van der Waals surface area contributed by atoms with Crippen molar-refractivity contribution in [3.8, 4) is 5.75 Å². The Balaban J connectivity index is 2.82. The zero-order chi connectivity index (χ0) is 11.5. The number of hydrogen-bond acceptors (Lipinski definition) is 3. The molecule has 0 N–H and O–H groups in total. The van der Waals surface area contributed by atoms with Crippen molar-refractivity contribution in [2.75, 3.05) is 7.11 Å². The van der Waals surface area contributed by atoms with E-state index < -0.39 is 0 Å². The summed E-state index contributed by atoms with van der Waals surface area (Å²) in [6.07, 6.45) is 0. The van der Waals surface area contributed by atoms with Gasteiger partial charge in [-0.05, 0) is 16.8 Å². The van der Waals surface area contributed by atoms with Crippen LogP contribution in [0.1, 0.15) is 11.1 Å². The summed E-state index contributed by atoms with van der Waals surface area (Å²) in [7, 11) is 1.70. The lowest BCUT2D eigenvalue weighted by Crippen LogP contribution is -1.96. The van der Waals surface area contributed by atoms with Crippen LogP contribution in [0.4, 0.5) is 0 Å². The monoisotopic (exact) mass is 250 g/mol. The summed E-state index contributed by atoms with van der Waals surface area (Å²) in [4.78, 5) is 0. The van der Waals surface area contributed by atoms with Gasteiger partial charge in [-0.3, -0.25) is 0 Å². The summed E-state index contributed by atoms with van der Waals surface area (Å²) in [5.41, 5.74) is 2.27. The largest absolute Gasteiger partial charge is 0.496 e. The molecule has 1 nitrogen and oxygen atoms in total. The van der Waals surface area contributed by atoms with Crippen molar-refractivity contribution < 1.29 is 4.74 Å². The van der Waals surface area contributed by atoms with Crippen LogP contribution in [0.2, 0.25) is 0 Å². The molecule has 0 amide bonds. The van der Waals surface area contributed by atoms with Crippen molar-refractivity contribution >= 4 is 36.0 Å². The lowest BCUT2D eigenvalue weighted by atomic mass is 10.0. The highest BCUT2D eigenvalue weighted by atomic mass is 32.1. The number of hydrogen-bond donors (Lipinski definition) is 2. The molecule has 0 radical (unpaired) electrons. The maximum Gasteiger partial charge on any atom is 0.127 e. The Bertz CT molecular complexity index is 509. The van der Waals surface area contributed by atoms with Crippen LogP contribution in [0.3, 0.4) is 0 Å². The van der Waals surface area contributed by atoms with E-state index in [1.807, 2.05) is 12.1 Å². The summed E-state index contributed by atoms with van der Waals surface area (Å²) in [6.45, 7) is 0. The van der Waals surface area contributed by atoms with E-state index in [9.17, 15) is 0 Å². The maximum absolute atomic E-state index is 5.47. The predicted molar refractivity (Wildman–Crippen MR) is 75.9 cm³/mol. The fourth-order valence-electron chi connectivity index (χ4n) is 2.00. The van der Waals surface area contributed by atoms with E-state index in [-0.39, 0.29) is 0 Å². The molecule has 2 rings (SSSR count). The van der Waals surface area contributed by atoms with Crippen molar-refractivity contribution in [2.45, 2.75) is 11.5 Å². The topological polar surface area (TPSA) is 9.23 Å². The normalized spacial score (nSPS) is 10.7. The molecule has 0 heterocycles. The number of methoxy groups -OCH3 is 1. The van der Waals surface area contributed by atoms with Crippen molar-refractivity contribution in [1.29, 1.82) is 0 Å². The molecule has 2 aromatic carbocycles. The minimum atomic E-state index is 0.672. The molecule has 84 valence electrons. The first kappa shape index (κ1) is 11.7. The average molecular weight is 250 g/mol. The highest BCUT2D eigenvalue weighted by molar-refractivity contribution is 7.79. The molecular weight excluding hydrogens is 236 g/mol. The number of thiol groups is 2. The molecule has 3 heteroatoms. The van der Waals surface area contributed by atoms with E-state index in [4.69, 9.17) is 4.74 Å². The average Bonchev–Trinajstić information content (AvgIpc) is 2.36. The molecule has 0 aliphatic carbocycles. The molecule has 0 fully saturated rings. The Labute approximate surface area is 107 Å². The predicted octanol–water partition coefficient (Wildman–Crippen LogP) is 3.71. The number of ether oxygens (including phenoxy) is 1. The van der Waals surface area contributed by atoms with Crippen LogP contribution in [0.25, 0.3) is 10.8 Å². The second-order valence-electron chi connectivity index (χ2n) is 3.58. The van der Waals surface area contributed by atoms with Crippen LogP contribution >= 0.6 is 25.3 Å². The first-order chi connectivity index (χ1) is 7.81. The highest BCUT2D eigenvalue weighted by Crippen LogP contribution is 2.33. The Kier molecular flexibility index (Phi) is 3.66. The Morgan fingerprint density at radius 2 is 1.88 bits per heavy atom. The van der Waals surface area contributed by atoms with Crippen LogP contribution in [0.5, 0.6) is 5.75 Å². The van der Waals surface area contributed by atoms with Gasteiger partial charge in [-0.25, -0.2) is 0 Å². The Morgan fingerprint density at radius 3 is 2.50 bits per heavy atom. The van der Waals surface area contributed by atoms with Crippen molar-refractivity contribution in [3.05, 3.63) is 41.5 Å². The minimum Gasteiger partial charge on any atom is -0.496 e. The number of rotatable bonds is 3. The maximum atomic E-state index is 5.47. The molecule has 0 aliphatic rings. The molecule has 0 saturated heterocycles. The van der Waals surface area contributed by atoms with Crippen LogP contribution in [0, 0.1) is 0 Å². The van der Waals surface area contributed by atoms with Crippen molar-refractivity contribution in [1.82, 2.24) is 0 Å². The quantitative estimate of drug-likeness (QED) is 0.790.